The number of hydrogen-bond donors (Lipinski definition) is 3. The Morgan fingerprint density at radius 3 is 2.82 bits per heavy atom. The summed E-state index contributed by atoms with van der Waals surface area (Å²) in [6, 6.07) is 10.4. The summed E-state index contributed by atoms with van der Waals surface area (Å²) in [5.41, 5.74) is 11.6. The van der Waals surface area contributed by atoms with Gasteiger partial charge in [-0.3, -0.25) is 0 Å². The van der Waals surface area contributed by atoms with Crippen molar-refractivity contribution in [1.82, 2.24) is 30.1 Å². The summed E-state index contributed by atoms with van der Waals surface area (Å²) in [6.45, 7) is 0. The number of nitrogens with zero attached hydrogens (tertiary/aromatic N) is 4. The fourth-order valence-corrected chi connectivity index (χ4v) is 5.75. The maximum absolute atomic E-state index is 14.5. The number of nitrogens with one attached hydrogen (secondary N) is 2. The first-order valence-electron chi connectivity index (χ1n) is 10.1. The number of fused-ring (bicyclic) bond motifs is 2. The molecule has 0 unspecified atom stereocenters. The van der Waals surface area contributed by atoms with Crippen LogP contribution in [0.5, 0.6) is 0 Å². The maximum atomic E-state index is 14.5. The van der Waals surface area contributed by atoms with Crippen molar-refractivity contribution in [2.45, 2.75) is 0 Å². The standard InChI is InChI=1S/C24H16FIN7/c25-19-4-2-1-3-16(19)17-5-6-29-23-21(17)30-24(31-23)22-18-8-13(9-26-10-20(18)32-33-22)14-7-15(27)12-28-11-14/h1-12,32H,27H2,(H,29,30,31)/q-1. The molecule has 0 spiro atoms. The summed E-state index contributed by atoms with van der Waals surface area (Å²) >= 11 is -0.337. The zero-order valence-electron chi connectivity index (χ0n) is 17.1. The van der Waals surface area contributed by atoms with Crippen molar-refractivity contribution < 1.29 is 25.6 Å². The van der Waals surface area contributed by atoms with E-state index in [-0.39, 0.29) is 27.0 Å². The molecule has 0 saturated carbocycles. The van der Waals surface area contributed by atoms with Gasteiger partial charge in [0.1, 0.15) is 0 Å². The first-order valence-corrected chi connectivity index (χ1v) is 12.6. The second-order valence-corrected chi connectivity index (χ2v) is 9.44. The van der Waals surface area contributed by atoms with Gasteiger partial charge in [-0.2, -0.15) is 0 Å². The van der Waals surface area contributed by atoms with E-state index in [1.54, 1.807) is 36.8 Å². The predicted octanol–water partition coefficient (Wildman–Crippen LogP) is -0.206. The van der Waals surface area contributed by atoms with Gasteiger partial charge in [-0.15, -0.1) is 0 Å². The van der Waals surface area contributed by atoms with Crippen molar-refractivity contribution in [2.75, 3.05) is 5.73 Å². The number of pyridine rings is 2. The van der Waals surface area contributed by atoms with Crippen molar-refractivity contribution in [3.05, 3.63) is 81.0 Å². The minimum absolute atomic E-state index is 0.299. The molecule has 0 atom stereocenters. The number of aromatic amines is 2. The van der Waals surface area contributed by atoms with Crippen LogP contribution in [0.25, 0.3) is 49.5 Å². The van der Waals surface area contributed by atoms with Crippen LogP contribution in [0.2, 0.25) is 0 Å². The Balaban J connectivity index is 1.53. The van der Waals surface area contributed by atoms with Gasteiger partial charge in [0.15, 0.2) is 0 Å². The van der Waals surface area contributed by atoms with Crippen LogP contribution in [0.15, 0.2) is 59.1 Å². The summed E-state index contributed by atoms with van der Waals surface area (Å²) in [5, 5.41) is 9.53. The zero-order valence-corrected chi connectivity index (χ0v) is 19.2. The van der Waals surface area contributed by atoms with Crippen LogP contribution in [0.4, 0.5) is 10.1 Å². The molecule has 5 heterocycles. The number of nitrogens with two attached hydrogens (primary N) is 1. The van der Waals surface area contributed by atoms with Crippen LogP contribution >= 0.6 is 0 Å². The molecule has 9 heteroatoms. The van der Waals surface area contributed by atoms with E-state index in [0.29, 0.717) is 39.5 Å². The molecular formula is C24H16FIN7-. The van der Waals surface area contributed by atoms with Gasteiger partial charge in [-0.05, 0) is 0 Å². The Morgan fingerprint density at radius 1 is 1.03 bits per heavy atom. The van der Waals surface area contributed by atoms with Crippen molar-refractivity contribution >= 4 is 32.6 Å². The fourth-order valence-electron chi connectivity index (χ4n) is 3.81. The molecule has 162 valence electrons. The Hall–Kier alpha value is -3.86. The van der Waals surface area contributed by atoms with E-state index in [2.05, 4.69) is 44.4 Å². The Bertz CT molecular complexity index is 1680. The van der Waals surface area contributed by atoms with E-state index >= 15 is 0 Å². The number of halogens is 2. The van der Waals surface area contributed by atoms with E-state index in [9.17, 15) is 4.39 Å². The molecule has 0 radical (unpaired) electrons. The first kappa shape index (κ1) is 19.8. The Kier molecular flexibility index (Phi) is 4.75. The number of anilines is 1. The second kappa shape index (κ2) is 7.93. The van der Waals surface area contributed by atoms with Crippen molar-refractivity contribution in [3.8, 4) is 22.6 Å². The number of nitrogen functional groups attached to an aromatic ring is 1. The van der Waals surface area contributed by atoms with E-state index < -0.39 is 0 Å². The van der Waals surface area contributed by atoms with Gasteiger partial charge in [0.05, 0.1) is 0 Å². The molecule has 6 rings (SSSR count). The van der Waals surface area contributed by atoms with E-state index in [4.69, 9.17) is 5.73 Å². The van der Waals surface area contributed by atoms with E-state index in [1.165, 1.54) is 6.07 Å². The molecule has 33 heavy (non-hydrogen) atoms. The predicted molar refractivity (Wildman–Crippen MR) is 122 cm³/mol. The molecule has 0 amide bonds. The average Bonchev–Trinajstić information content (AvgIpc) is 3.37. The number of rotatable bonds is 3. The molecule has 1 aromatic carbocycles. The topological polar surface area (TPSA) is 109 Å². The molecule has 0 aliphatic carbocycles. The molecule has 0 saturated heterocycles. The molecular weight excluding hydrogens is 532 g/mol. The summed E-state index contributed by atoms with van der Waals surface area (Å²) in [4.78, 5) is 16.6. The summed E-state index contributed by atoms with van der Waals surface area (Å²) in [5.74, 6) is 0.265. The molecule has 4 N–H and O–H groups in total. The zero-order chi connectivity index (χ0) is 22.4. The van der Waals surface area contributed by atoms with Crippen molar-refractivity contribution in [1.29, 1.82) is 0 Å². The second-order valence-electron chi connectivity index (χ2n) is 7.47. The van der Waals surface area contributed by atoms with Crippen LogP contribution in [0.3, 0.4) is 0 Å². The number of aromatic nitrogens is 6. The molecule has 0 fully saturated rings. The van der Waals surface area contributed by atoms with Gasteiger partial charge in [0, 0.05) is 0 Å². The normalized spacial score (nSPS) is 13.3. The van der Waals surface area contributed by atoms with Crippen LogP contribution < -0.4 is 37.5 Å². The summed E-state index contributed by atoms with van der Waals surface area (Å²) in [7, 11) is 0. The number of imidazole rings is 1. The fraction of sp³-hybridized carbons (Fsp3) is 0. The summed E-state index contributed by atoms with van der Waals surface area (Å²) < 4.78 is 18.9. The first-order chi connectivity index (χ1) is 16.2. The Labute approximate surface area is 197 Å². The molecule has 5 aromatic rings. The third kappa shape index (κ3) is 3.50. The van der Waals surface area contributed by atoms with E-state index in [1.807, 2.05) is 12.1 Å². The van der Waals surface area contributed by atoms with Gasteiger partial charge in [-0.25, -0.2) is 0 Å². The number of allylic oxidation sites excluding steroid dienone is 1. The Morgan fingerprint density at radius 2 is 1.94 bits per heavy atom. The van der Waals surface area contributed by atoms with Gasteiger partial charge in [0.25, 0.3) is 0 Å². The van der Waals surface area contributed by atoms with Crippen LogP contribution in [0, 0.1) is 5.82 Å². The average molecular weight is 548 g/mol. The number of hydrogen-bond acceptors (Lipinski definition) is 5. The van der Waals surface area contributed by atoms with Gasteiger partial charge in [-0.1, -0.05) is 0 Å². The number of benzene rings is 1. The third-order valence-corrected chi connectivity index (χ3v) is 7.37. The summed E-state index contributed by atoms with van der Waals surface area (Å²) in [6.07, 6.45) is 7.15. The third-order valence-electron chi connectivity index (χ3n) is 5.36. The van der Waals surface area contributed by atoms with Gasteiger partial charge < -0.3 is 0 Å². The SMILES string of the molecule is Nc1cncc(C2=C[I-]C=c3[nH]nc(-c4nc5nccc(-c6ccccc6F)c5[nH]4)c3=C2)c1. The number of H-pyrrole nitrogens is 2. The molecule has 4 aromatic heterocycles. The monoisotopic (exact) mass is 548 g/mol. The van der Waals surface area contributed by atoms with Crippen molar-refractivity contribution in [3.63, 3.8) is 0 Å². The van der Waals surface area contributed by atoms with Crippen LogP contribution in [0.1, 0.15) is 5.56 Å². The quantitative estimate of drug-likeness (QED) is 0.271. The molecule has 7 nitrogen and oxygen atoms in total. The minimum atomic E-state index is -0.337. The molecule has 1 aliphatic heterocycles. The van der Waals surface area contributed by atoms with Crippen molar-refractivity contribution in [2.24, 2.45) is 0 Å². The molecule has 1 aliphatic rings. The van der Waals surface area contributed by atoms with Crippen LogP contribution in [-0.4, -0.2) is 30.1 Å². The van der Waals surface area contributed by atoms with Gasteiger partial charge in [0.2, 0.25) is 0 Å². The van der Waals surface area contributed by atoms with E-state index in [0.717, 1.165) is 21.7 Å². The molecule has 0 bridgehead atoms. The van der Waals surface area contributed by atoms with Crippen LogP contribution in [-0.2, 0) is 0 Å². The van der Waals surface area contributed by atoms with Gasteiger partial charge >= 0.3 is 198 Å².